The van der Waals surface area contributed by atoms with E-state index in [1.807, 2.05) is 6.07 Å². The maximum atomic E-state index is 4.17. The van der Waals surface area contributed by atoms with Crippen LogP contribution < -0.4 is 10.6 Å². The summed E-state index contributed by atoms with van der Waals surface area (Å²) in [4.78, 5) is 12.2. The van der Waals surface area contributed by atoms with Gasteiger partial charge in [0.15, 0.2) is 0 Å². The second kappa shape index (κ2) is 8.16. The van der Waals surface area contributed by atoms with E-state index >= 15 is 0 Å². The maximum Gasteiger partial charge on any atom is 0.222 e. The van der Waals surface area contributed by atoms with Gasteiger partial charge < -0.3 is 10.6 Å². The number of nitrogens with one attached hydrogen (secondary N) is 2. The smallest absolute Gasteiger partial charge is 0.222 e. The minimum absolute atomic E-state index is 0.678. The Balaban J connectivity index is 1.40. The van der Waals surface area contributed by atoms with Crippen LogP contribution in [0.5, 0.6) is 0 Å². The molecule has 0 amide bonds. The Bertz CT molecular complexity index is 741. The van der Waals surface area contributed by atoms with Gasteiger partial charge in [0.05, 0.1) is 5.69 Å². The van der Waals surface area contributed by atoms with E-state index in [-0.39, 0.29) is 0 Å². The van der Waals surface area contributed by atoms with Crippen molar-refractivity contribution < 1.29 is 0 Å². The fourth-order valence-electron chi connectivity index (χ4n) is 2.45. The van der Waals surface area contributed by atoms with Crippen LogP contribution >= 0.6 is 0 Å². The molecule has 0 aliphatic rings. The second-order valence-corrected chi connectivity index (χ2v) is 5.49. The summed E-state index contributed by atoms with van der Waals surface area (Å²) < 4.78 is 1.78. The molecule has 2 aromatic heterocycles. The highest BCUT2D eigenvalue weighted by atomic mass is 15.3. The van der Waals surface area contributed by atoms with E-state index in [4.69, 9.17) is 0 Å². The minimum atomic E-state index is 0.678. The SMILES string of the molecule is Cc1cc(CNCCCNc2ncccn2)ccc1-n1cncn1. The van der Waals surface area contributed by atoms with Crippen molar-refractivity contribution in [3.8, 4) is 5.69 Å². The summed E-state index contributed by atoms with van der Waals surface area (Å²) in [5.41, 5.74) is 3.50. The molecule has 2 heterocycles. The Morgan fingerprint density at radius 2 is 2.00 bits per heavy atom. The number of hydrogen-bond acceptors (Lipinski definition) is 6. The summed E-state index contributed by atoms with van der Waals surface area (Å²) in [7, 11) is 0. The lowest BCUT2D eigenvalue weighted by atomic mass is 10.1. The molecule has 0 spiro atoms. The third-order valence-electron chi connectivity index (χ3n) is 3.64. The number of aryl methyl sites for hydroxylation is 1. The van der Waals surface area contributed by atoms with Crippen molar-refractivity contribution >= 4 is 5.95 Å². The third kappa shape index (κ3) is 4.36. The Hall–Kier alpha value is -2.80. The van der Waals surface area contributed by atoms with Crippen LogP contribution in [0.4, 0.5) is 5.95 Å². The maximum absolute atomic E-state index is 4.17. The fraction of sp³-hybridized carbons (Fsp3) is 0.294. The van der Waals surface area contributed by atoms with Crippen LogP contribution in [0.2, 0.25) is 0 Å². The van der Waals surface area contributed by atoms with Crippen LogP contribution in [-0.4, -0.2) is 37.8 Å². The molecule has 1 aromatic carbocycles. The van der Waals surface area contributed by atoms with Crippen molar-refractivity contribution in [1.82, 2.24) is 30.0 Å². The zero-order chi connectivity index (χ0) is 16.6. The summed E-state index contributed by atoms with van der Waals surface area (Å²) in [5.74, 6) is 0.678. The topological polar surface area (TPSA) is 80.5 Å². The summed E-state index contributed by atoms with van der Waals surface area (Å²) >= 11 is 0. The van der Waals surface area contributed by atoms with E-state index in [9.17, 15) is 0 Å². The van der Waals surface area contributed by atoms with Crippen molar-refractivity contribution in [2.75, 3.05) is 18.4 Å². The molecular formula is C17H21N7. The molecule has 0 radical (unpaired) electrons. The van der Waals surface area contributed by atoms with Crippen molar-refractivity contribution in [2.45, 2.75) is 19.9 Å². The van der Waals surface area contributed by atoms with Gasteiger partial charge in [-0.15, -0.1) is 0 Å². The van der Waals surface area contributed by atoms with Crippen molar-refractivity contribution in [1.29, 1.82) is 0 Å². The first-order valence-electron chi connectivity index (χ1n) is 7.99. The lowest BCUT2D eigenvalue weighted by Gasteiger charge is -2.09. The molecule has 0 atom stereocenters. The first-order chi connectivity index (χ1) is 11.8. The lowest BCUT2D eigenvalue weighted by molar-refractivity contribution is 0.661. The molecule has 0 bridgehead atoms. The molecule has 0 unspecified atom stereocenters. The van der Waals surface area contributed by atoms with Gasteiger partial charge in [-0.2, -0.15) is 5.10 Å². The number of benzene rings is 1. The van der Waals surface area contributed by atoms with E-state index in [2.05, 4.69) is 55.8 Å². The molecule has 0 aliphatic heterocycles. The van der Waals surface area contributed by atoms with E-state index in [0.717, 1.165) is 31.7 Å². The largest absolute Gasteiger partial charge is 0.354 e. The van der Waals surface area contributed by atoms with Gasteiger partial charge in [-0.05, 0) is 43.1 Å². The second-order valence-electron chi connectivity index (χ2n) is 5.49. The fourth-order valence-corrected chi connectivity index (χ4v) is 2.45. The minimum Gasteiger partial charge on any atom is -0.354 e. The van der Waals surface area contributed by atoms with E-state index in [1.165, 1.54) is 11.1 Å². The van der Waals surface area contributed by atoms with Crippen LogP contribution in [0.15, 0.2) is 49.3 Å². The average Bonchev–Trinajstić information content (AvgIpc) is 3.13. The van der Waals surface area contributed by atoms with Crippen LogP contribution in [0, 0.1) is 6.92 Å². The van der Waals surface area contributed by atoms with Crippen LogP contribution in [0.25, 0.3) is 5.69 Å². The molecule has 3 rings (SSSR count). The first kappa shape index (κ1) is 16.1. The monoisotopic (exact) mass is 323 g/mol. The van der Waals surface area contributed by atoms with Gasteiger partial charge in [0, 0.05) is 25.5 Å². The Morgan fingerprint density at radius 3 is 2.75 bits per heavy atom. The molecule has 24 heavy (non-hydrogen) atoms. The van der Waals surface area contributed by atoms with Crippen LogP contribution in [0.1, 0.15) is 17.5 Å². The number of aromatic nitrogens is 5. The molecule has 7 heteroatoms. The number of hydrogen-bond donors (Lipinski definition) is 2. The third-order valence-corrected chi connectivity index (χ3v) is 3.64. The van der Waals surface area contributed by atoms with Gasteiger partial charge >= 0.3 is 0 Å². The highest BCUT2D eigenvalue weighted by molar-refractivity contribution is 5.41. The predicted octanol–water partition coefficient (Wildman–Crippen LogP) is 1.96. The molecule has 0 saturated carbocycles. The summed E-state index contributed by atoms with van der Waals surface area (Å²) in [6, 6.07) is 8.19. The van der Waals surface area contributed by atoms with Crippen LogP contribution in [-0.2, 0) is 6.54 Å². The van der Waals surface area contributed by atoms with E-state index in [0.29, 0.717) is 5.95 Å². The Kier molecular flexibility index (Phi) is 5.47. The number of anilines is 1. The zero-order valence-electron chi connectivity index (χ0n) is 13.7. The number of nitrogens with zero attached hydrogens (tertiary/aromatic N) is 5. The van der Waals surface area contributed by atoms with Crippen molar-refractivity contribution in [3.63, 3.8) is 0 Å². The molecular weight excluding hydrogens is 302 g/mol. The highest BCUT2D eigenvalue weighted by Gasteiger charge is 2.03. The molecule has 0 saturated heterocycles. The van der Waals surface area contributed by atoms with Crippen LogP contribution in [0.3, 0.4) is 0 Å². The van der Waals surface area contributed by atoms with Crippen molar-refractivity contribution in [3.05, 3.63) is 60.4 Å². The molecule has 2 N–H and O–H groups in total. The van der Waals surface area contributed by atoms with E-state index in [1.54, 1.807) is 29.7 Å². The highest BCUT2D eigenvalue weighted by Crippen LogP contribution is 2.14. The predicted molar refractivity (Wildman–Crippen MR) is 92.9 cm³/mol. The molecule has 124 valence electrons. The first-order valence-corrected chi connectivity index (χ1v) is 7.99. The summed E-state index contributed by atoms with van der Waals surface area (Å²) in [6.07, 6.45) is 7.74. The Labute approximate surface area is 141 Å². The number of rotatable bonds is 8. The van der Waals surface area contributed by atoms with E-state index < -0.39 is 0 Å². The lowest BCUT2D eigenvalue weighted by Crippen LogP contribution is -2.18. The van der Waals surface area contributed by atoms with Gasteiger partial charge in [0.1, 0.15) is 12.7 Å². The van der Waals surface area contributed by atoms with Gasteiger partial charge in [0.25, 0.3) is 0 Å². The van der Waals surface area contributed by atoms with Gasteiger partial charge in [0.2, 0.25) is 5.95 Å². The average molecular weight is 323 g/mol. The quantitative estimate of drug-likeness (QED) is 0.617. The molecule has 3 aromatic rings. The molecule has 7 nitrogen and oxygen atoms in total. The standard InChI is InChI=1S/C17H21N7/c1-14-10-15(4-5-16(14)24-13-19-12-23-24)11-18-6-2-7-20-17-21-8-3-9-22-17/h3-5,8-10,12-13,18H,2,6-7,11H2,1H3,(H,20,21,22). The van der Waals surface area contributed by atoms with Gasteiger partial charge in [-0.3, -0.25) is 0 Å². The van der Waals surface area contributed by atoms with Crippen molar-refractivity contribution in [2.24, 2.45) is 0 Å². The Morgan fingerprint density at radius 1 is 1.12 bits per heavy atom. The molecule has 0 fully saturated rings. The molecule has 0 aliphatic carbocycles. The van der Waals surface area contributed by atoms with Gasteiger partial charge in [-0.1, -0.05) is 12.1 Å². The normalized spacial score (nSPS) is 10.7. The van der Waals surface area contributed by atoms with Gasteiger partial charge in [-0.25, -0.2) is 19.6 Å². The summed E-state index contributed by atoms with van der Waals surface area (Å²) in [6.45, 7) is 4.72. The zero-order valence-corrected chi connectivity index (χ0v) is 13.7. The summed E-state index contributed by atoms with van der Waals surface area (Å²) in [5, 5.41) is 10.8.